The van der Waals surface area contributed by atoms with Crippen LogP contribution in [0.1, 0.15) is 16.1 Å². The largest absolute Gasteiger partial charge is 0.349 e. The summed E-state index contributed by atoms with van der Waals surface area (Å²) in [5.41, 5.74) is 2.08. The molecule has 8 heteroatoms. The molecule has 0 spiro atoms. The number of aryl methyl sites for hydroxylation is 1. The third kappa shape index (κ3) is 3.86. The first-order chi connectivity index (χ1) is 14.4. The predicted molar refractivity (Wildman–Crippen MR) is 114 cm³/mol. The second-order valence-electron chi connectivity index (χ2n) is 6.79. The lowest BCUT2D eigenvalue weighted by atomic mass is 10.2. The molecule has 4 rings (SSSR count). The summed E-state index contributed by atoms with van der Waals surface area (Å²) in [7, 11) is 1.81. The molecule has 1 aliphatic rings. The van der Waals surface area contributed by atoms with Crippen LogP contribution in [0.25, 0.3) is 17.0 Å². The first kappa shape index (κ1) is 19.9. The van der Waals surface area contributed by atoms with Crippen LogP contribution in [0.15, 0.2) is 59.5 Å². The molecular formula is C22H18FN3O3S. The van der Waals surface area contributed by atoms with E-state index in [0.29, 0.717) is 11.3 Å². The number of hydrogen-bond acceptors (Lipinski definition) is 4. The number of amides is 3. The Kier molecular flexibility index (Phi) is 5.41. The quantitative estimate of drug-likeness (QED) is 0.634. The Labute approximate surface area is 176 Å². The van der Waals surface area contributed by atoms with Crippen molar-refractivity contribution in [3.05, 3.63) is 76.6 Å². The predicted octanol–water partition coefficient (Wildman–Crippen LogP) is 3.78. The molecule has 30 heavy (non-hydrogen) atoms. The van der Waals surface area contributed by atoms with Gasteiger partial charge in [0.15, 0.2) is 0 Å². The highest BCUT2D eigenvalue weighted by Gasteiger charge is 2.34. The highest BCUT2D eigenvalue weighted by atomic mass is 32.2. The minimum atomic E-state index is -0.423. The molecule has 0 radical (unpaired) electrons. The van der Waals surface area contributed by atoms with Crippen molar-refractivity contribution >= 4 is 45.8 Å². The summed E-state index contributed by atoms with van der Waals surface area (Å²) < 4.78 is 14.8. The number of nitrogens with one attached hydrogen (secondary N) is 1. The summed E-state index contributed by atoms with van der Waals surface area (Å²) in [6.07, 6.45) is 1.55. The Balaban J connectivity index is 1.39. The van der Waals surface area contributed by atoms with E-state index in [1.165, 1.54) is 24.3 Å². The van der Waals surface area contributed by atoms with Crippen LogP contribution in [0.3, 0.4) is 0 Å². The molecular weight excluding hydrogens is 405 g/mol. The summed E-state index contributed by atoms with van der Waals surface area (Å²) in [6.45, 7) is 0.212. The van der Waals surface area contributed by atoms with Crippen LogP contribution in [0.2, 0.25) is 0 Å². The van der Waals surface area contributed by atoms with Gasteiger partial charge in [0.25, 0.3) is 17.1 Å². The number of aromatic nitrogens is 1. The topological polar surface area (TPSA) is 71.4 Å². The van der Waals surface area contributed by atoms with E-state index in [4.69, 9.17) is 0 Å². The third-order valence-electron chi connectivity index (χ3n) is 4.85. The molecule has 1 N–H and O–H groups in total. The zero-order valence-electron chi connectivity index (χ0n) is 16.1. The van der Waals surface area contributed by atoms with Crippen molar-refractivity contribution in [1.29, 1.82) is 0 Å². The van der Waals surface area contributed by atoms with Gasteiger partial charge in [-0.3, -0.25) is 19.3 Å². The molecule has 2 heterocycles. The summed E-state index contributed by atoms with van der Waals surface area (Å²) in [5, 5.41) is 3.33. The number of thioether (sulfide) groups is 1. The lowest BCUT2D eigenvalue weighted by molar-refractivity contribution is -0.122. The molecule has 0 saturated carbocycles. The molecule has 1 aromatic heterocycles. The van der Waals surface area contributed by atoms with E-state index in [9.17, 15) is 18.8 Å². The monoisotopic (exact) mass is 423 g/mol. The number of imide groups is 1. The average molecular weight is 423 g/mol. The van der Waals surface area contributed by atoms with E-state index >= 15 is 0 Å². The summed E-state index contributed by atoms with van der Waals surface area (Å²) in [4.78, 5) is 38.6. The molecule has 0 aliphatic carbocycles. The fraction of sp³-hybridized carbons (Fsp3) is 0.136. The van der Waals surface area contributed by atoms with Crippen molar-refractivity contribution in [2.75, 3.05) is 13.1 Å². The van der Waals surface area contributed by atoms with Gasteiger partial charge in [-0.25, -0.2) is 4.39 Å². The van der Waals surface area contributed by atoms with Gasteiger partial charge in [0.1, 0.15) is 11.5 Å². The first-order valence-electron chi connectivity index (χ1n) is 9.27. The smallest absolute Gasteiger partial charge is 0.293 e. The Bertz CT molecular complexity index is 1180. The number of hydrogen-bond donors (Lipinski definition) is 1. The highest BCUT2D eigenvalue weighted by Crippen LogP contribution is 2.31. The van der Waals surface area contributed by atoms with E-state index in [2.05, 4.69) is 5.32 Å². The molecule has 3 aromatic rings. The van der Waals surface area contributed by atoms with Crippen molar-refractivity contribution in [2.24, 2.45) is 7.05 Å². The standard InChI is InChI=1S/C22H18FN3O3S/c1-25-17-5-3-2-4-15(17)13-18(25)20(27)24-10-11-26-21(28)19(30-22(26)29)12-14-6-8-16(23)9-7-14/h2-9,12-13H,10-11H2,1H3,(H,24,27)/b19-12+. The van der Waals surface area contributed by atoms with Gasteiger partial charge in [0.2, 0.25) is 0 Å². The highest BCUT2D eigenvalue weighted by molar-refractivity contribution is 8.18. The van der Waals surface area contributed by atoms with Crippen LogP contribution >= 0.6 is 11.8 Å². The maximum atomic E-state index is 13.0. The van der Waals surface area contributed by atoms with Crippen LogP contribution in [0, 0.1) is 5.82 Å². The van der Waals surface area contributed by atoms with E-state index in [-0.39, 0.29) is 29.7 Å². The molecule has 0 atom stereocenters. The SMILES string of the molecule is Cn1c(C(=O)NCCN2C(=O)S/C(=C/c3ccc(F)cc3)C2=O)cc2ccccc21. The van der Waals surface area contributed by atoms with E-state index in [1.54, 1.807) is 16.7 Å². The average Bonchev–Trinajstić information content (AvgIpc) is 3.21. The summed E-state index contributed by atoms with van der Waals surface area (Å²) in [6, 6.07) is 15.1. The number of carbonyl (C=O) groups excluding carboxylic acids is 3. The van der Waals surface area contributed by atoms with Gasteiger partial charge >= 0.3 is 0 Å². The number of nitrogens with zero attached hydrogens (tertiary/aromatic N) is 2. The third-order valence-corrected chi connectivity index (χ3v) is 5.75. The molecule has 1 fully saturated rings. The van der Waals surface area contributed by atoms with E-state index in [0.717, 1.165) is 27.6 Å². The molecule has 1 aliphatic heterocycles. The van der Waals surface area contributed by atoms with Gasteiger partial charge in [0, 0.05) is 31.0 Å². The van der Waals surface area contributed by atoms with Gasteiger partial charge in [-0.05, 0) is 47.7 Å². The van der Waals surface area contributed by atoms with Crippen LogP contribution in [0.4, 0.5) is 9.18 Å². The molecule has 1 saturated heterocycles. The number of carbonyl (C=O) groups is 3. The fourth-order valence-electron chi connectivity index (χ4n) is 3.28. The first-order valence-corrected chi connectivity index (χ1v) is 10.1. The Morgan fingerprint density at radius 3 is 2.60 bits per heavy atom. The number of rotatable bonds is 5. The normalized spacial score (nSPS) is 15.4. The summed E-state index contributed by atoms with van der Waals surface area (Å²) >= 11 is 0.829. The van der Waals surface area contributed by atoms with Crippen molar-refractivity contribution in [3.63, 3.8) is 0 Å². The summed E-state index contributed by atoms with van der Waals surface area (Å²) in [5.74, 6) is -1.07. The van der Waals surface area contributed by atoms with Gasteiger partial charge in [-0.2, -0.15) is 0 Å². The van der Waals surface area contributed by atoms with Crippen molar-refractivity contribution in [2.45, 2.75) is 0 Å². The minimum Gasteiger partial charge on any atom is -0.349 e. The molecule has 152 valence electrons. The van der Waals surface area contributed by atoms with Gasteiger partial charge in [0.05, 0.1) is 4.91 Å². The van der Waals surface area contributed by atoms with Crippen LogP contribution in [0.5, 0.6) is 0 Å². The van der Waals surface area contributed by atoms with Crippen molar-refractivity contribution < 1.29 is 18.8 Å². The van der Waals surface area contributed by atoms with E-state index in [1.807, 2.05) is 31.3 Å². The van der Waals surface area contributed by atoms with Crippen molar-refractivity contribution in [1.82, 2.24) is 14.8 Å². The van der Waals surface area contributed by atoms with Crippen LogP contribution in [-0.2, 0) is 11.8 Å². The zero-order chi connectivity index (χ0) is 21.3. The fourth-order valence-corrected chi connectivity index (χ4v) is 4.15. The Morgan fingerprint density at radius 1 is 1.13 bits per heavy atom. The van der Waals surface area contributed by atoms with Gasteiger partial charge < -0.3 is 9.88 Å². The van der Waals surface area contributed by atoms with E-state index < -0.39 is 11.1 Å². The van der Waals surface area contributed by atoms with Gasteiger partial charge in [-0.1, -0.05) is 30.3 Å². The lowest BCUT2D eigenvalue weighted by Crippen LogP contribution is -2.37. The Hall–Kier alpha value is -3.39. The van der Waals surface area contributed by atoms with Crippen molar-refractivity contribution in [3.8, 4) is 0 Å². The molecule has 6 nitrogen and oxygen atoms in total. The zero-order valence-corrected chi connectivity index (χ0v) is 16.9. The maximum Gasteiger partial charge on any atom is 0.293 e. The second kappa shape index (κ2) is 8.16. The van der Waals surface area contributed by atoms with Crippen LogP contribution < -0.4 is 5.32 Å². The molecule has 0 unspecified atom stereocenters. The number of benzene rings is 2. The number of halogens is 1. The number of fused-ring (bicyclic) bond motifs is 1. The van der Waals surface area contributed by atoms with Crippen LogP contribution in [-0.4, -0.2) is 39.6 Å². The molecule has 2 aromatic carbocycles. The number of para-hydroxylation sites is 1. The van der Waals surface area contributed by atoms with Gasteiger partial charge in [-0.15, -0.1) is 0 Å². The molecule has 3 amide bonds. The minimum absolute atomic E-state index is 0.0705. The Morgan fingerprint density at radius 2 is 1.87 bits per heavy atom. The maximum absolute atomic E-state index is 13.0. The second-order valence-corrected chi connectivity index (χ2v) is 7.78. The molecule has 0 bridgehead atoms. The lowest BCUT2D eigenvalue weighted by Gasteiger charge is -2.13.